The summed E-state index contributed by atoms with van der Waals surface area (Å²) in [4.78, 5) is 12.6. The van der Waals surface area contributed by atoms with Crippen molar-refractivity contribution < 1.29 is 18.0 Å². The van der Waals surface area contributed by atoms with Gasteiger partial charge in [0.15, 0.2) is 5.78 Å². The molecule has 0 radical (unpaired) electrons. The Morgan fingerprint density at radius 3 is 2.33 bits per heavy atom. The molecule has 114 valence electrons. The highest BCUT2D eigenvalue weighted by Crippen LogP contribution is 2.46. The van der Waals surface area contributed by atoms with Crippen molar-refractivity contribution in [3.8, 4) is 0 Å². The lowest BCUT2D eigenvalue weighted by molar-refractivity contribution is -0.137. The Morgan fingerprint density at radius 1 is 1.14 bits per heavy atom. The van der Waals surface area contributed by atoms with Crippen molar-refractivity contribution in [2.24, 2.45) is 5.92 Å². The highest BCUT2D eigenvalue weighted by atomic mass is 32.2. The van der Waals surface area contributed by atoms with Gasteiger partial charge in [0, 0.05) is 22.0 Å². The predicted molar refractivity (Wildman–Crippen MR) is 77.6 cm³/mol. The van der Waals surface area contributed by atoms with Gasteiger partial charge in [0.1, 0.15) is 0 Å². The van der Waals surface area contributed by atoms with Crippen LogP contribution >= 0.6 is 11.8 Å². The second kappa shape index (κ2) is 5.34. The van der Waals surface area contributed by atoms with Crippen molar-refractivity contribution in [3.05, 3.63) is 34.9 Å². The van der Waals surface area contributed by atoms with E-state index in [0.29, 0.717) is 16.1 Å². The molecule has 2 atom stereocenters. The number of halogens is 3. The third-order valence-electron chi connectivity index (χ3n) is 4.35. The molecule has 2 aliphatic heterocycles. The summed E-state index contributed by atoms with van der Waals surface area (Å²) in [5, 5.41) is 1.04. The highest BCUT2D eigenvalue weighted by molar-refractivity contribution is 8.00. The number of alkyl halides is 3. The summed E-state index contributed by atoms with van der Waals surface area (Å²) in [5.41, 5.74) is -0.0148. The topological polar surface area (TPSA) is 17.1 Å². The molecule has 2 fully saturated rings. The summed E-state index contributed by atoms with van der Waals surface area (Å²) in [6, 6.07) is 3.69. The van der Waals surface area contributed by atoms with Gasteiger partial charge in [-0.15, -0.1) is 0 Å². The number of benzene rings is 1. The number of fused-ring (bicyclic) bond motifs is 2. The number of carbonyl (C=O) groups excluding carboxylic acids is 1. The van der Waals surface area contributed by atoms with Gasteiger partial charge in [0.2, 0.25) is 0 Å². The first-order valence-corrected chi connectivity index (χ1v) is 8.16. The molecule has 0 aromatic heterocycles. The Hall–Kier alpha value is -0.970. The van der Waals surface area contributed by atoms with Gasteiger partial charge in [-0.2, -0.15) is 24.9 Å². The molecular weight excluding hydrogens is 297 g/mol. The van der Waals surface area contributed by atoms with Gasteiger partial charge in [0.05, 0.1) is 5.56 Å². The number of Topliss-reactive ketones (excluding diaryl/α,β-unsaturated/α-hetero) is 1. The van der Waals surface area contributed by atoms with Crippen molar-refractivity contribution in [1.29, 1.82) is 0 Å². The summed E-state index contributed by atoms with van der Waals surface area (Å²) in [6.07, 6.45) is -0.492. The van der Waals surface area contributed by atoms with E-state index in [0.717, 1.165) is 37.8 Å². The zero-order valence-electron chi connectivity index (χ0n) is 11.7. The van der Waals surface area contributed by atoms with Crippen LogP contribution in [0.2, 0.25) is 0 Å². The molecule has 2 aliphatic rings. The van der Waals surface area contributed by atoms with E-state index >= 15 is 0 Å². The van der Waals surface area contributed by atoms with Gasteiger partial charge in [-0.05, 0) is 56.4 Å². The average molecular weight is 314 g/mol. The molecule has 2 saturated heterocycles. The van der Waals surface area contributed by atoms with Crippen LogP contribution in [0, 0.1) is 12.8 Å². The third kappa shape index (κ3) is 3.12. The molecule has 0 aliphatic carbocycles. The molecular formula is C16H17F3OS. The Labute approximate surface area is 126 Å². The van der Waals surface area contributed by atoms with Crippen molar-refractivity contribution in [1.82, 2.24) is 0 Å². The molecule has 2 heterocycles. The molecule has 21 heavy (non-hydrogen) atoms. The molecule has 0 amide bonds. The SMILES string of the molecule is Cc1cc(C(=O)C2CC3CCC(C2)S3)cc(C(F)(F)F)c1. The molecule has 1 aromatic rings. The summed E-state index contributed by atoms with van der Waals surface area (Å²) in [7, 11) is 0. The molecule has 2 unspecified atom stereocenters. The van der Waals surface area contributed by atoms with Gasteiger partial charge in [-0.25, -0.2) is 0 Å². The quantitative estimate of drug-likeness (QED) is 0.724. The fraction of sp³-hybridized carbons (Fsp3) is 0.562. The van der Waals surface area contributed by atoms with E-state index in [-0.39, 0.29) is 17.3 Å². The summed E-state index contributed by atoms with van der Waals surface area (Å²) < 4.78 is 38.6. The van der Waals surface area contributed by atoms with Gasteiger partial charge in [-0.3, -0.25) is 4.79 Å². The minimum Gasteiger partial charge on any atom is -0.294 e. The van der Waals surface area contributed by atoms with Crippen LogP contribution in [0.3, 0.4) is 0 Å². The summed E-state index contributed by atoms with van der Waals surface area (Å²) >= 11 is 1.95. The molecule has 0 N–H and O–H groups in total. The normalized spacial score (nSPS) is 28.7. The lowest BCUT2D eigenvalue weighted by Gasteiger charge is -2.26. The number of thioether (sulfide) groups is 1. The molecule has 0 spiro atoms. The molecule has 1 aromatic carbocycles. The molecule has 2 bridgehead atoms. The van der Waals surface area contributed by atoms with Crippen molar-refractivity contribution in [3.63, 3.8) is 0 Å². The average Bonchev–Trinajstić information content (AvgIpc) is 2.75. The van der Waals surface area contributed by atoms with Gasteiger partial charge < -0.3 is 0 Å². The fourth-order valence-corrected chi connectivity index (χ4v) is 5.17. The van der Waals surface area contributed by atoms with Crippen molar-refractivity contribution >= 4 is 17.5 Å². The van der Waals surface area contributed by atoms with Crippen LogP contribution in [0.15, 0.2) is 18.2 Å². The number of ketones is 1. The summed E-state index contributed by atoms with van der Waals surface area (Å²) in [6.45, 7) is 1.60. The monoisotopic (exact) mass is 314 g/mol. The number of carbonyl (C=O) groups is 1. The van der Waals surface area contributed by atoms with E-state index in [9.17, 15) is 18.0 Å². The second-order valence-electron chi connectivity index (χ2n) is 6.08. The van der Waals surface area contributed by atoms with E-state index in [2.05, 4.69) is 0 Å². The summed E-state index contributed by atoms with van der Waals surface area (Å²) in [5.74, 6) is -0.215. The Kier molecular flexibility index (Phi) is 3.80. The largest absolute Gasteiger partial charge is 0.416 e. The van der Waals surface area contributed by atoms with Crippen LogP contribution in [0.25, 0.3) is 0 Å². The van der Waals surface area contributed by atoms with Crippen LogP contribution in [0.1, 0.15) is 47.2 Å². The Balaban J connectivity index is 1.86. The van der Waals surface area contributed by atoms with Gasteiger partial charge in [0.25, 0.3) is 0 Å². The van der Waals surface area contributed by atoms with Crippen LogP contribution in [0.5, 0.6) is 0 Å². The van der Waals surface area contributed by atoms with E-state index in [1.807, 2.05) is 11.8 Å². The lowest BCUT2D eigenvalue weighted by atomic mass is 9.89. The van der Waals surface area contributed by atoms with Crippen LogP contribution in [-0.4, -0.2) is 16.3 Å². The van der Waals surface area contributed by atoms with E-state index in [4.69, 9.17) is 0 Å². The maximum Gasteiger partial charge on any atom is 0.416 e. The van der Waals surface area contributed by atoms with Crippen LogP contribution in [0.4, 0.5) is 13.2 Å². The molecule has 0 saturated carbocycles. The Bertz CT molecular complexity index is 555. The fourth-order valence-electron chi connectivity index (χ4n) is 3.40. The smallest absolute Gasteiger partial charge is 0.294 e. The van der Waals surface area contributed by atoms with Crippen molar-refractivity contribution in [2.75, 3.05) is 0 Å². The van der Waals surface area contributed by atoms with E-state index in [1.165, 1.54) is 0 Å². The third-order valence-corrected chi connectivity index (χ3v) is 5.98. The maximum atomic E-state index is 12.9. The lowest BCUT2D eigenvalue weighted by Crippen LogP contribution is -2.25. The van der Waals surface area contributed by atoms with E-state index in [1.54, 1.807) is 13.0 Å². The first-order valence-electron chi connectivity index (χ1n) is 7.21. The first-order chi connectivity index (χ1) is 9.83. The van der Waals surface area contributed by atoms with Gasteiger partial charge in [-0.1, -0.05) is 0 Å². The van der Waals surface area contributed by atoms with E-state index < -0.39 is 11.7 Å². The number of rotatable bonds is 2. The zero-order valence-corrected chi connectivity index (χ0v) is 12.6. The standard InChI is InChI=1S/C16H17F3OS/c1-9-4-10(6-12(5-9)16(17,18)19)15(20)11-7-13-2-3-14(8-11)21-13/h4-6,11,13-14H,2-3,7-8H2,1H3. The second-order valence-corrected chi connectivity index (χ2v) is 7.68. The predicted octanol–water partition coefficient (Wildman–Crippen LogP) is 4.87. The van der Waals surface area contributed by atoms with Crippen molar-refractivity contribution in [2.45, 2.75) is 49.3 Å². The van der Waals surface area contributed by atoms with Crippen LogP contribution in [-0.2, 0) is 6.18 Å². The number of hydrogen-bond acceptors (Lipinski definition) is 2. The number of hydrogen-bond donors (Lipinski definition) is 0. The molecule has 3 rings (SSSR count). The number of aryl methyl sites for hydroxylation is 1. The maximum absolute atomic E-state index is 12.9. The Morgan fingerprint density at radius 2 is 1.76 bits per heavy atom. The zero-order chi connectivity index (χ0) is 15.2. The minimum atomic E-state index is -4.40. The van der Waals surface area contributed by atoms with Crippen LogP contribution < -0.4 is 0 Å². The molecule has 5 heteroatoms. The van der Waals surface area contributed by atoms with Gasteiger partial charge >= 0.3 is 6.18 Å². The molecule has 1 nitrogen and oxygen atoms in total. The first kappa shape index (κ1) is 14.9. The highest BCUT2D eigenvalue weighted by Gasteiger charge is 2.38. The minimum absolute atomic E-state index is 0.105.